The summed E-state index contributed by atoms with van der Waals surface area (Å²) in [6.45, 7) is -1.39. The van der Waals surface area contributed by atoms with Gasteiger partial charge in [-0.15, -0.1) is 11.6 Å². The largest absolute Gasteiger partial charge is 0.451 e. The highest BCUT2D eigenvalue weighted by Crippen LogP contribution is 2.32. The van der Waals surface area contributed by atoms with Gasteiger partial charge >= 0.3 is 6.03 Å². The molecule has 1 saturated heterocycles. The highest BCUT2D eigenvalue weighted by atomic mass is 35.5. The van der Waals surface area contributed by atoms with Crippen molar-refractivity contribution in [1.29, 1.82) is 0 Å². The van der Waals surface area contributed by atoms with Crippen LogP contribution in [0.3, 0.4) is 0 Å². The number of carbonyl (C=O) groups is 3. The number of benzene rings is 2. The first-order valence-electron chi connectivity index (χ1n) is 10.0. The molecule has 0 spiro atoms. The van der Waals surface area contributed by atoms with E-state index in [9.17, 15) is 31.6 Å². The van der Waals surface area contributed by atoms with E-state index < -0.39 is 75.2 Å². The normalized spacial score (nSPS) is 16.4. The summed E-state index contributed by atoms with van der Waals surface area (Å²) >= 11 is 11.1. The van der Waals surface area contributed by atoms with Gasteiger partial charge in [0.2, 0.25) is 15.9 Å². The number of rotatable bonds is 6. The SMILES string of the molecule is O=C(CCl)NC(=O)N1CCN(S(=O)(=O)c2cc(F)c(Oc3ccc(Cl)cc3)c(F)c2)[C@@H](C(=O)NO)C1. The van der Waals surface area contributed by atoms with Gasteiger partial charge in [0.25, 0.3) is 5.91 Å². The van der Waals surface area contributed by atoms with Crippen molar-refractivity contribution in [2.45, 2.75) is 10.9 Å². The van der Waals surface area contributed by atoms with E-state index >= 15 is 0 Å². The molecule has 3 N–H and O–H groups in total. The summed E-state index contributed by atoms with van der Waals surface area (Å²) in [5.74, 6) is -6.08. The molecule has 2 aromatic carbocycles. The molecule has 1 aliphatic heterocycles. The molecular weight excluding hydrogens is 549 g/mol. The van der Waals surface area contributed by atoms with E-state index in [-0.39, 0.29) is 12.3 Å². The van der Waals surface area contributed by atoms with Crippen molar-refractivity contribution in [3.8, 4) is 11.5 Å². The number of nitrogens with one attached hydrogen (secondary N) is 2. The topological polar surface area (TPSA) is 145 Å². The van der Waals surface area contributed by atoms with Gasteiger partial charge in [0.05, 0.1) is 4.90 Å². The lowest BCUT2D eigenvalue weighted by Gasteiger charge is -2.39. The molecule has 0 aromatic heterocycles. The van der Waals surface area contributed by atoms with Crippen molar-refractivity contribution < 1.29 is 41.5 Å². The van der Waals surface area contributed by atoms with Crippen LogP contribution in [-0.4, -0.2) is 72.2 Å². The van der Waals surface area contributed by atoms with Gasteiger partial charge in [-0.05, 0) is 36.4 Å². The highest BCUT2D eigenvalue weighted by molar-refractivity contribution is 7.89. The van der Waals surface area contributed by atoms with Crippen LogP contribution in [0.15, 0.2) is 41.3 Å². The smallest absolute Gasteiger partial charge is 0.324 e. The fourth-order valence-electron chi connectivity index (χ4n) is 3.30. The van der Waals surface area contributed by atoms with Crippen LogP contribution in [0, 0.1) is 11.6 Å². The third-order valence-corrected chi connectivity index (χ3v) is 7.39. The second-order valence-corrected chi connectivity index (χ2v) is 9.91. The first-order chi connectivity index (χ1) is 17.0. The van der Waals surface area contributed by atoms with Crippen LogP contribution in [0.5, 0.6) is 11.5 Å². The summed E-state index contributed by atoms with van der Waals surface area (Å²) in [7, 11) is -4.72. The Kier molecular flexibility index (Phi) is 8.68. The number of imide groups is 1. The number of amides is 4. The second kappa shape index (κ2) is 11.3. The maximum atomic E-state index is 14.7. The molecule has 1 fully saturated rings. The van der Waals surface area contributed by atoms with Gasteiger partial charge in [-0.3, -0.25) is 20.1 Å². The van der Waals surface area contributed by atoms with E-state index in [4.69, 9.17) is 33.1 Å². The number of halogens is 4. The van der Waals surface area contributed by atoms with Gasteiger partial charge in [0.15, 0.2) is 17.4 Å². The first-order valence-corrected chi connectivity index (χ1v) is 12.4. The van der Waals surface area contributed by atoms with E-state index in [1.54, 1.807) is 0 Å². The average Bonchev–Trinajstić information content (AvgIpc) is 2.86. The number of carbonyl (C=O) groups excluding carboxylic acids is 3. The molecule has 36 heavy (non-hydrogen) atoms. The van der Waals surface area contributed by atoms with Crippen molar-refractivity contribution in [3.63, 3.8) is 0 Å². The molecule has 0 radical (unpaired) electrons. The van der Waals surface area contributed by atoms with Crippen LogP contribution in [0.25, 0.3) is 0 Å². The van der Waals surface area contributed by atoms with E-state index in [0.29, 0.717) is 21.5 Å². The Morgan fingerprint density at radius 1 is 1.11 bits per heavy atom. The minimum atomic E-state index is -4.72. The third kappa shape index (κ3) is 6.02. The van der Waals surface area contributed by atoms with Crippen LogP contribution in [-0.2, 0) is 19.6 Å². The molecule has 0 saturated carbocycles. The van der Waals surface area contributed by atoms with Crippen LogP contribution in [0.1, 0.15) is 0 Å². The zero-order valence-electron chi connectivity index (χ0n) is 18.1. The maximum Gasteiger partial charge on any atom is 0.324 e. The van der Waals surface area contributed by atoms with Gasteiger partial charge in [-0.2, -0.15) is 4.31 Å². The molecule has 0 aliphatic carbocycles. The average molecular weight is 567 g/mol. The fraction of sp³-hybridized carbons (Fsp3) is 0.250. The Balaban J connectivity index is 1.88. The molecule has 0 unspecified atom stereocenters. The van der Waals surface area contributed by atoms with Gasteiger partial charge in [-0.1, -0.05) is 11.6 Å². The Hall–Kier alpha value is -3.04. The van der Waals surface area contributed by atoms with Crippen LogP contribution >= 0.6 is 23.2 Å². The molecule has 0 bridgehead atoms. The van der Waals surface area contributed by atoms with Crippen molar-refractivity contribution in [1.82, 2.24) is 20.0 Å². The number of alkyl halides is 1. The Bertz CT molecular complexity index is 1260. The number of sulfonamides is 1. The lowest BCUT2D eigenvalue weighted by molar-refractivity contribution is -0.134. The molecule has 16 heteroatoms. The number of piperazine rings is 1. The predicted molar refractivity (Wildman–Crippen MR) is 121 cm³/mol. The molecule has 1 aliphatic rings. The standard InChI is InChI=1S/C20H18Cl2F2N4O7S/c21-9-17(29)25-20(31)27-5-6-28(16(10-27)19(30)26-32)36(33,34)13-7-14(23)18(15(24)8-13)35-12-3-1-11(22)2-4-12/h1-4,7-8,16,32H,5-6,9-10H2,(H,26,30)(H,25,29,31)/t16-/m1/s1. The monoisotopic (exact) mass is 566 g/mol. The number of nitrogens with zero attached hydrogens (tertiary/aromatic N) is 2. The van der Waals surface area contributed by atoms with Crippen molar-refractivity contribution in [2.75, 3.05) is 25.5 Å². The fourth-order valence-corrected chi connectivity index (χ4v) is 5.09. The molecule has 11 nitrogen and oxygen atoms in total. The van der Waals surface area contributed by atoms with E-state index in [1.165, 1.54) is 29.7 Å². The van der Waals surface area contributed by atoms with Gasteiger partial charge in [-0.25, -0.2) is 27.5 Å². The molecule has 2 aromatic rings. The number of hydrogen-bond acceptors (Lipinski definition) is 7. The van der Waals surface area contributed by atoms with Crippen molar-refractivity contribution >= 4 is 51.1 Å². The number of hydrogen-bond donors (Lipinski definition) is 3. The molecule has 3 rings (SSSR count). The summed E-state index contributed by atoms with van der Waals surface area (Å²) in [5.41, 5.74) is 1.29. The highest BCUT2D eigenvalue weighted by Gasteiger charge is 2.42. The predicted octanol–water partition coefficient (Wildman–Crippen LogP) is 2.07. The molecular formula is C20H18Cl2F2N4O7S. The minimum absolute atomic E-state index is 0.0366. The number of ether oxygens (including phenoxy) is 1. The summed E-state index contributed by atoms with van der Waals surface area (Å²) in [6, 6.07) is 3.91. The lowest BCUT2D eigenvalue weighted by Crippen LogP contribution is -2.62. The van der Waals surface area contributed by atoms with Crippen LogP contribution in [0.4, 0.5) is 13.6 Å². The number of hydroxylamine groups is 1. The zero-order chi connectivity index (χ0) is 26.6. The van der Waals surface area contributed by atoms with Gasteiger partial charge in [0.1, 0.15) is 17.7 Å². The van der Waals surface area contributed by atoms with E-state index in [2.05, 4.69) is 0 Å². The second-order valence-electron chi connectivity index (χ2n) is 7.31. The summed E-state index contributed by atoms with van der Waals surface area (Å²) in [4.78, 5) is 35.9. The quantitative estimate of drug-likeness (QED) is 0.275. The molecule has 194 valence electrons. The Morgan fingerprint density at radius 2 is 1.72 bits per heavy atom. The summed E-state index contributed by atoms with van der Waals surface area (Å²) in [6.07, 6.45) is 0. The van der Waals surface area contributed by atoms with Crippen LogP contribution < -0.4 is 15.5 Å². The maximum absolute atomic E-state index is 14.7. The molecule has 1 atom stereocenters. The van der Waals surface area contributed by atoms with E-state index in [0.717, 1.165) is 4.90 Å². The Labute approximate surface area is 213 Å². The molecule has 1 heterocycles. The van der Waals surface area contributed by atoms with Gasteiger partial charge in [0, 0.05) is 24.7 Å². The third-order valence-electron chi connectivity index (χ3n) is 5.01. The number of urea groups is 1. The first kappa shape index (κ1) is 27.5. The van der Waals surface area contributed by atoms with Crippen LogP contribution in [0.2, 0.25) is 5.02 Å². The lowest BCUT2D eigenvalue weighted by atomic mass is 10.2. The Morgan fingerprint density at radius 3 is 2.28 bits per heavy atom. The molecule has 4 amide bonds. The summed E-state index contributed by atoms with van der Waals surface area (Å²) in [5, 5.41) is 11.4. The summed E-state index contributed by atoms with van der Waals surface area (Å²) < 4.78 is 61.6. The minimum Gasteiger partial charge on any atom is -0.451 e. The van der Waals surface area contributed by atoms with Gasteiger partial charge < -0.3 is 9.64 Å². The van der Waals surface area contributed by atoms with E-state index in [1.807, 2.05) is 5.32 Å². The van der Waals surface area contributed by atoms with Crippen molar-refractivity contribution in [2.24, 2.45) is 0 Å². The zero-order valence-corrected chi connectivity index (χ0v) is 20.4. The van der Waals surface area contributed by atoms with Crippen molar-refractivity contribution in [3.05, 3.63) is 53.1 Å².